The molecule has 2 aliphatic heterocycles. The molecule has 2 saturated heterocycles. The summed E-state index contributed by atoms with van der Waals surface area (Å²) in [6.07, 6.45) is 1.95. The summed E-state index contributed by atoms with van der Waals surface area (Å²) in [5, 5.41) is 0. The molecule has 2 atom stereocenters. The molecule has 8 heteroatoms. The Hall–Kier alpha value is -3.29. The number of halogens is 1. The van der Waals surface area contributed by atoms with Crippen LogP contribution in [0, 0.1) is 11.7 Å². The van der Waals surface area contributed by atoms with E-state index in [2.05, 4.69) is 0 Å². The van der Waals surface area contributed by atoms with Crippen molar-refractivity contribution in [3.05, 3.63) is 53.3 Å². The molecule has 2 heterocycles. The normalized spacial score (nSPS) is 20.1. The molecule has 2 amide bonds. The van der Waals surface area contributed by atoms with E-state index in [9.17, 15) is 14.0 Å². The second kappa shape index (κ2) is 9.68. The van der Waals surface area contributed by atoms with Crippen molar-refractivity contribution in [1.29, 1.82) is 0 Å². The quantitative estimate of drug-likeness (QED) is 0.667. The van der Waals surface area contributed by atoms with E-state index in [0.717, 1.165) is 31.5 Å². The topological polar surface area (TPSA) is 68.3 Å². The summed E-state index contributed by atoms with van der Waals surface area (Å²) in [5.74, 6) is -0.262. The Morgan fingerprint density at radius 1 is 0.909 bits per heavy atom. The van der Waals surface area contributed by atoms with Crippen LogP contribution < -0.4 is 14.2 Å². The number of hydrogen-bond donors (Lipinski definition) is 0. The predicted molar refractivity (Wildman–Crippen MR) is 120 cm³/mol. The fourth-order valence-electron chi connectivity index (χ4n) is 4.85. The van der Waals surface area contributed by atoms with E-state index in [-0.39, 0.29) is 30.5 Å². The van der Waals surface area contributed by atoms with Crippen molar-refractivity contribution in [1.82, 2.24) is 9.80 Å². The van der Waals surface area contributed by atoms with Crippen molar-refractivity contribution in [2.75, 3.05) is 47.5 Å². The average Bonchev–Trinajstić information content (AvgIpc) is 3.53. The minimum Gasteiger partial charge on any atom is -0.493 e. The molecule has 2 fully saturated rings. The third kappa shape index (κ3) is 4.34. The first-order chi connectivity index (χ1) is 16.0. The zero-order valence-electron chi connectivity index (χ0n) is 19.2. The first-order valence-corrected chi connectivity index (χ1v) is 11.1. The maximum absolute atomic E-state index is 14.3. The van der Waals surface area contributed by atoms with E-state index in [4.69, 9.17) is 14.2 Å². The summed E-state index contributed by atoms with van der Waals surface area (Å²) >= 11 is 0. The molecule has 4 rings (SSSR count). The first-order valence-electron chi connectivity index (χ1n) is 11.1. The van der Waals surface area contributed by atoms with Crippen molar-refractivity contribution in [2.24, 2.45) is 5.92 Å². The molecule has 176 valence electrons. The molecule has 0 aromatic heterocycles. The summed E-state index contributed by atoms with van der Waals surface area (Å²) in [7, 11) is 4.61. The van der Waals surface area contributed by atoms with Crippen LogP contribution in [-0.2, 0) is 4.79 Å². The van der Waals surface area contributed by atoms with E-state index in [1.165, 1.54) is 33.5 Å². The van der Waals surface area contributed by atoms with Gasteiger partial charge in [0.2, 0.25) is 11.7 Å². The molecule has 0 aliphatic carbocycles. The summed E-state index contributed by atoms with van der Waals surface area (Å²) in [6.45, 7) is 1.96. The van der Waals surface area contributed by atoms with Crippen LogP contribution >= 0.6 is 0 Å². The van der Waals surface area contributed by atoms with Gasteiger partial charge in [0.1, 0.15) is 5.82 Å². The van der Waals surface area contributed by atoms with Crippen molar-refractivity contribution < 1.29 is 28.2 Å². The van der Waals surface area contributed by atoms with Crippen molar-refractivity contribution in [3.8, 4) is 17.2 Å². The zero-order valence-corrected chi connectivity index (χ0v) is 19.2. The highest BCUT2D eigenvalue weighted by molar-refractivity contribution is 5.95. The number of nitrogens with zero attached hydrogens (tertiary/aromatic N) is 2. The Labute approximate surface area is 193 Å². The highest BCUT2D eigenvalue weighted by Gasteiger charge is 2.43. The van der Waals surface area contributed by atoms with Crippen LogP contribution in [0.25, 0.3) is 0 Å². The third-order valence-electron chi connectivity index (χ3n) is 6.56. The number of carbonyl (C=O) groups excluding carboxylic acids is 2. The van der Waals surface area contributed by atoms with E-state index in [1.807, 2.05) is 17.0 Å². The maximum Gasteiger partial charge on any atom is 0.256 e. The largest absolute Gasteiger partial charge is 0.493 e. The number of hydrogen-bond acceptors (Lipinski definition) is 5. The lowest BCUT2D eigenvalue weighted by molar-refractivity contribution is -0.134. The Kier molecular flexibility index (Phi) is 6.72. The van der Waals surface area contributed by atoms with Crippen molar-refractivity contribution >= 4 is 11.8 Å². The van der Waals surface area contributed by atoms with Gasteiger partial charge in [-0.2, -0.15) is 0 Å². The molecule has 0 spiro atoms. The first kappa shape index (κ1) is 22.9. The maximum atomic E-state index is 14.3. The minimum atomic E-state index is -0.568. The lowest BCUT2D eigenvalue weighted by Gasteiger charge is -2.25. The third-order valence-corrected chi connectivity index (χ3v) is 6.56. The Bertz CT molecular complexity index is 1010. The van der Waals surface area contributed by atoms with Gasteiger partial charge >= 0.3 is 0 Å². The monoisotopic (exact) mass is 456 g/mol. The van der Waals surface area contributed by atoms with Crippen LogP contribution in [-0.4, -0.2) is 69.1 Å². The van der Waals surface area contributed by atoms with E-state index in [0.29, 0.717) is 17.2 Å². The van der Waals surface area contributed by atoms with E-state index >= 15 is 0 Å². The Balaban J connectivity index is 1.71. The van der Waals surface area contributed by atoms with Gasteiger partial charge in [0.25, 0.3) is 5.91 Å². The molecule has 2 aliphatic rings. The van der Waals surface area contributed by atoms with Gasteiger partial charge in [-0.25, -0.2) is 4.39 Å². The molecule has 0 radical (unpaired) electrons. The van der Waals surface area contributed by atoms with Crippen LogP contribution in [0.15, 0.2) is 36.4 Å². The number of likely N-dealkylation sites (tertiary alicyclic amines) is 2. The van der Waals surface area contributed by atoms with Crippen LogP contribution in [0.2, 0.25) is 0 Å². The molecule has 2 aromatic rings. The fourth-order valence-corrected chi connectivity index (χ4v) is 4.85. The highest BCUT2D eigenvalue weighted by Crippen LogP contribution is 2.44. The van der Waals surface area contributed by atoms with Crippen LogP contribution in [0.4, 0.5) is 4.39 Å². The van der Waals surface area contributed by atoms with Gasteiger partial charge < -0.3 is 24.0 Å². The number of amides is 2. The minimum absolute atomic E-state index is 0.00964. The molecule has 2 aromatic carbocycles. The lowest BCUT2D eigenvalue weighted by Crippen LogP contribution is -2.37. The van der Waals surface area contributed by atoms with Crippen LogP contribution in [0.3, 0.4) is 0 Å². The number of rotatable bonds is 6. The van der Waals surface area contributed by atoms with Gasteiger partial charge in [-0.1, -0.05) is 12.1 Å². The number of benzene rings is 2. The average molecular weight is 457 g/mol. The lowest BCUT2D eigenvalue weighted by atomic mass is 9.87. The molecular formula is C25H29FN2O5. The summed E-state index contributed by atoms with van der Waals surface area (Å²) in [5.41, 5.74) is 0.821. The van der Waals surface area contributed by atoms with Crippen LogP contribution in [0.1, 0.15) is 34.7 Å². The Morgan fingerprint density at radius 2 is 1.55 bits per heavy atom. The molecule has 0 saturated carbocycles. The van der Waals surface area contributed by atoms with Crippen molar-refractivity contribution in [3.63, 3.8) is 0 Å². The number of methoxy groups -OCH3 is 3. The van der Waals surface area contributed by atoms with Crippen molar-refractivity contribution in [2.45, 2.75) is 18.8 Å². The van der Waals surface area contributed by atoms with Gasteiger partial charge in [0.05, 0.1) is 32.8 Å². The fraction of sp³-hybridized carbons (Fsp3) is 0.440. The van der Waals surface area contributed by atoms with E-state index < -0.39 is 17.6 Å². The van der Waals surface area contributed by atoms with Gasteiger partial charge in [0, 0.05) is 32.1 Å². The summed E-state index contributed by atoms with van der Waals surface area (Å²) in [4.78, 5) is 30.1. The van der Waals surface area contributed by atoms with Gasteiger partial charge in [-0.3, -0.25) is 9.59 Å². The van der Waals surface area contributed by atoms with Gasteiger partial charge in [-0.05, 0) is 42.7 Å². The summed E-state index contributed by atoms with van der Waals surface area (Å²) < 4.78 is 30.8. The summed E-state index contributed by atoms with van der Waals surface area (Å²) in [6, 6.07) is 9.58. The number of carbonyl (C=O) groups is 2. The molecule has 7 nitrogen and oxygen atoms in total. The van der Waals surface area contributed by atoms with Gasteiger partial charge in [-0.15, -0.1) is 0 Å². The second-order valence-corrected chi connectivity index (χ2v) is 8.39. The molecule has 0 unspecified atom stereocenters. The van der Waals surface area contributed by atoms with Gasteiger partial charge in [0.15, 0.2) is 11.5 Å². The Morgan fingerprint density at radius 3 is 2.12 bits per heavy atom. The molecular weight excluding hydrogens is 427 g/mol. The molecule has 0 bridgehead atoms. The highest BCUT2D eigenvalue weighted by atomic mass is 19.1. The molecule has 0 N–H and O–H groups in total. The molecule has 33 heavy (non-hydrogen) atoms. The predicted octanol–water partition coefficient (Wildman–Crippen LogP) is 3.33. The van der Waals surface area contributed by atoms with E-state index in [1.54, 1.807) is 17.0 Å². The van der Waals surface area contributed by atoms with Crippen LogP contribution in [0.5, 0.6) is 17.2 Å². The standard InChI is InChI=1S/C25H29FN2O5/c1-31-21-12-16(13-22(32-2)23(21)33-3)18-14-28(24(29)17-8-4-5-9-20(17)26)15-19(18)25(30)27-10-6-7-11-27/h4-5,8-9,12-13,18-19H,6-7,10-11,14-15H2,1-3H3/t18-,19+/m1/s1. The zero-order chi connectivity index (χ0) is 23.5. The second-order valence-electron chi connectivity index (χ2n) is 8.39. The number of ether oxygens (including phenoxy) is 3. The smallest absolute Gasteiger partial charge is 0.256 e. The SMILES string of the molecule is COc1cc([C@H]2CN(C(=O)c3ccccc3F)C[C@@H]2C(=O)N2CCCC2)cc(OC)c1OC.